The van der Waals surface area contributed by atoms with E-state index in [2.05, 4.69) is 20.8 Å². The van der Waals surface area contributed by atoms with Gasteiger partial charge in [0.1, 0.15) is 6.10 Å². The fraction of sp³-hybridized carbons (Fsp3) is 1.00. The maximum atomic E-state index is 6.04. The second-order valence-corrected chi connectivity index (χ2v) is 7.06. The van der Waals surface area contributed by atoms with Crippen LogP contribution in [0.2, 0.25) is 5.82 Å². The molecule has 1 saturated heterocycles. The molecule has 0 aromatic carbocycles. The zero-order valence-corrected chi connectivity index (χ0v) is 12.7. The van der Waals surface area contributed by atoms with Crippen molar-refractivity contribution in [3.63, 3.8) is 0 Å². The average molecular weight is 254 g/mol. The Morgan fingerprint density at radius 2 is 1.72 bits per heavy atom. The Kier molecular flexibility index (Phi) is 5.27. The molecule has 1 aliphatic heterocycles. The molecule has 0 amide bonds. The van der Waals surface area contributed by atoms with E-state index in [9.17, 15) is 0 Å². The van der Waals surface area contributed by atoms with Crippen molar-refractivity contribution in [1.29, 1.82) is 0 Å². The lowest BCUT2D eigenvalue weighted by atomic mass is 9.80. The van der Waals surface area contributed by atoms with Gasteiger partial charge in [0, 0.05) is 6.61 Å². The van der Waals surface area contributed by atoms with Crippen LogP contribution in [0, 0.1) is 0 Å². The molecule has 1 rings (SSSR count). The van der Waals surface area contributed by atoms with Crippen LogP contribution >= 0.6 is 0 Å². The molecule has 2 radical (unpaired) electrons. The summed E-state index contributed by atoms with van der Waals surface area (Å²) in [5.41, 5.74) is -0.347. The van der Waals surface area contributed by atoms with Crippen LogP contribution in [0.1, 0.15) is 48.0 Å². The lowest BCUT2D eigenvalue weighted by Gasteiger charge is -2.39. The second-order valence-electron chi connectivity index (χ2n) is 7.06. The summed E-state index contributed by atoms with van der Waals surface area (Å²) in [7, 11) is 5.94. The van der Waals surface area contributed by atoms with Crippen LogP contribution in [-0.4, -0.2) is 44.5 Å². The summed E-state index contributed by atoms with van der Waals surface area (Å²) in [5, 5.41) is 0. The van der Waals surface area contributed by atoms with Gasteiger partial charge in [-0.15, -0.1) is 0 Å². The number of hydrogen-bond acceptors (Lipinski definition) is 3. The summed E-state index contributed by atoms with van der Waals surface area (Å²) in [5.74, 6) is 0.0586. The number of rotatable bonds is 3. The van der Waals surface area contributed by atoms with Gasteiger partial charge in [-0.1, -0.05) is 5.82 Å². The van der Waals surface area contributed by atoms with Gasteiger partial charge in [-0.05, 0) is 48.0 Å². The fourth-order valence-electron chi connectivity index (χ4n) is 1.94. The van der Waals surface area contributed by atoms with E-state index in [1.807, 2.05) is 20.8 Å². The third-order valence-corrected chi connectivity index (χ3v) is 2.66. The first-order valence-corrected chi connectivity index (χ1v) is 6.76. The summed E-state index contributed by atoms with van der Waals surface area (Å²) < 4.78 is 17.6. The van der Waals surface area contributed by atoms with E-state index in [4.69, 9.17) is 22.1 Å². The van der Waals surface area contributed by atoms with Gasteiger partial charge in [0.2, 0.25) is 0 Å². The first-order chi connectivity index (χ1) is 8.07. The number of ether oxygens (including phenoxy) is 3. The summed E-state index contributed by atoms with van der Waals surface area (Å²) >= 11 is 0. The third kappa shape index (κ3) is 6.21. The minimum absolute atomic E-state index is 0.0103. The van der Waals surface area contributed by atoms with Gasteiger partial charge in [-0.3, -0.25) is 0 Å². The van der Waals surface area contributed by atoms with Crippen molar-refractivity contribution in [1.82, 2.24) is 0 Å². The molecular formula is C14H27BO3. The van der Waals surface area contributed by atoms with Crippen LogP contribution < -0.4 is 0 Å². The molecule has 0 aliphatic carbocycles. The predicted molar refractivity (Wildman–Crippen MR) is 74.2 cm³/mol. The van der Waals surface area contributed by atoms with Gasteiger partial charge in [-0.25, -0.2) is 0 Å². The number of hydrogen-bond donors (Lipinski definition) is 0. The van der Waals surface area contributed by atoms with Crippen LogP contribution in [0.4, 0.5) is 0 Å². The molecule has 104 valence electrons. The Morgan fingerprint density at radius 1 is 1.11 bits per heavy atom. The summed E-state index contributed by atoms with van der Waals surface area (Å²) in [6, 6.07) is 0. The van der Waals surface area contributed by atoms with E-state index in [0.717, 1.165) is 6.42 Å². The van der Waals surface area contributed by atoms with Crippen molar-refractivity contribution >= 4 is 7.85 Å². The molecule has 0 aromatic heterocycles. The van der Waals surface area contributed by atoms with Crippen molar-refractivity contribution < 1.29 is 14.2 Å². The molecule has 0 bridgehead atoms. The quantitative estimate of drug-likeness (QED) is 0.725. The molecule has 3 nitrogen and oxygen atoms in total. The van der Waals surface area contributed by atoms with E-state index in [1.54, 1.807) is 0 Å². The highest BCUT2D eigenvalue weighted by molar-refractivity contribution is 6.11. The molecule has 4 heteroatoms. The lowest BCUT2D eigenvalue weighted by Crippen LogP contribution is -2.46. The molecule has 1 aliphatic rings. The molecule has 1 heterocycles. The SMILES string of the molecule is [B]C1COC(COC(C)(C)C)C(OC(C)(C)C)C1. The molecule has 3 unspecified atom stereocenters. The predicted octanol–water partition coefficient (Wildman–Crippen LogP) is 2.73. The van der Waals surface area contributed by atoms with Gasteiger partial charge < -0.3 is 14.2 Å². The van der Waals surface area contributed by atoms with E-state index in [-0.39, 0.29) is 29.2 Å². The molecule has 0 saturated carbocycles. The average Bonchev–Trinajstić information content (AvgIpc) is 2.12. The van der Waals surface area contributed by atoms with Gasteiger partial charge >= 0.3 is 0 Å². The molecule has 1 fully saturated rings. The largest absolute Gasteiger partial charge is 0.374 e. The summed E-state index contributed by atoms with van der Waals surface area (Å²) in [6.45, 7) is 13.4. The van der Waals surface area contributed by atoms with Gasteiger partial charge in [0.05, 0.1) is 31.8 Å². The Bertz CT molecular complexity index is 255. The van der Waals surface area contributed by atoms with Crippen molar-refractivity contribution in [3.05, 3.63) is 0 Å². The summed E-state index contributed by atoms with van der Waals surface area (Å²) in [4.78, 5) is 0. The van der Waals surface area contributed by atoms with Crippen molar-refractivity contribution in [3.8, 4) is 0 Å². The highest BCUT2D eigenvalue weighted by Crippen LogP contribution is 2.28. The lowest BCUT2D eigenvalue weighted by molar-refractivity contribution is -0.179. The molecular weight excluding hydrogens is 227 g/mol. The van der Waals surface area contributed by atoms with Crippen molar-refractivity contribution in [2.24, 2.45) is 0 Å². The highest BCUT2D eigenvalue weighted by Gasteiger charge is 2.33. The smallest absolute Gasteiger partial charge is 0.107 e. The van der Waals surface area contributed by atoms with Gasteiger partial charge in [-0.2, -0.15) is 0 Å². The fourth-order valence-corrected chi connectivity index (χ4v) is 1.94. The van der Waals surface area contributed by atoms with Crippen LogP contribution in [0.5, 0.6) is 0 Å². The van der Waals surface area contributed by atoms with E-state index >= 15 is 0 Å². The van der Waals surface area contributed by atoms with Gasteiger partial charge in [0.15, 0.2) is 0 Å². The van der Waals surface area contributed by atoms with Crippen LogP contribution in [0.3, 0.4) is 0 Å². The van der Waals surface area contributed by atoms with Crippen LogP contribution in [0.15, 0.2) is 0 Å². The molecule has 0 spiro atoms. The van der Waals surface area contributed by atoms with Gasteiger partial charge in [0.25, 0.3) is 0 Å². The first kappa shape index (κ1) is 16.0. The highest BCUT2D eigenvalue weighted by atomic mass is 16.6. The first-order valence-electron chi connectivity index (χ1n) is 6.76. The van der Waals surface area contributed by atoms with Crippen molar-refractivity contribution in [2.75, 3.05) is 13.2 Å². The zero-order chi connectivity index (χ0) is 14.0. The normalized spacial score (nSPS) is 30.4. The van der Waals surface area contributed by atoms with E-state index in [1.165, 1.54) is 0 Å². The minimum Gasteiger partial charge on any atom is -0.374 e. The summed E-state index contributed by atoms with van der Waals surface area (Å²) in [6.07, 6.45) is 0.814. The Labute approximate surface area is 113 Å². The minimum atomic E-state index is -0.189. The van der Waals surface area contributed by atoms with Crippen LogP contribution in [-0.2, 0) is 14.2 Å². The Morgan fingerprint density at radius 3 is 2.22 bits per heavy atom. The van der Waals surface area contributed by atoms with E-state index < -0.39 is 0 Å². The Hall–Kier alpha value is -0.0551. The molecule has 0 N–H and O–H groups in total. The molecule has 3 atom stereocenters. The monoisotopic (exact) mass is 254 g/mol. The maximum absolute atomic E-state index is 6.04. The third-order valence-electron chi connectivity index (χ3n) is 2.66. The topological polar surface area (TPSA) is 27.7 Å². The van der Waals surface area contributed by atoms with Crippen molar-refractivity contribution in [2.45, 2.75) is 77.2 Å². The second kappa shape index (κ2) is 5.93. The Balaban J connectivity index is 2.56. The maximum Gasteiger partial charge on any atom is 0.107 e. The van der Waals surface area contributed by atoms with E-state index in [0.29, 0.717) is 13.2 Å². The zero-order valence-electron chi connectivity index (χ0n) is 12.7. The van der Waals surface area contributed by atoms with Crippen LogP contribution in [0.25, 0.3) is 0 Å². The molecule has 0 aromatic rings. The molecule has 18 heavy (non-hydrogen) atoms. The standard InChI is InChI=1S/C14H27BO3/c1-13(2,3)17-9-12-11(18-14(4,5)6)7-10(15)8-16-12/h10-12H,7-9H2,1-6H3.